The fourth-order valence-corrected chi connectivity index (χ4v) is 2.17. The first-order chi connectivity index (χ1) is 8.24. The summed E-state index contributed by atoms with van der Waals surface area (Å²) in [5.74, 6) is 0.344. The van der Waals surface area contributed by atoms with Gasteiger partial charge in [0, 0.05) is 20.2 Å². The Balaban J connectivity index is 1.79. The summed E-state index contributed by atoms with van der Waals surface area (Å²) in [6.07, 6.45) is 3.70. The second kappa shape index (κ2) is 5.52. The van der Waals surface area contributed by atoms with Gasteiger partial charge in [-0.25, -0.2) is 0 Å². The topological polar surface area (TPSA) is 41.5 Å². The van der Waals surface area contributed by atoms with E-state index in [1.54, 1.807) is 19.2 Å². The summed E-state index contributed by atoms with van der Waals surface area (Å²) in [5.41, 5.74) is 1.76. The molecule has 0 atom stereocenters. The summed E-state index contributed by atoms with van der Waals surface area (Å²) in [4.78, 5) is 0. The summed E-state index contributed by atoms with van der Waals surface area (Å²) in [6, 6.07) is 7.57. The van der Waals surface area contributed by atoms with Gasteiger partial charge in [-0.05, 0) is 42.4 Å². The van der Waals surface area contributed by atoms with Gasteiger partial charge in [-0.2, -0.15) is 0 Å². The minimum Gasteiger partial charge on any atom is -0.508 e. The van der Waals surface area contributed by atoms with Crippen LogP contribution in [0.4, 0.5) is 0 Å². The molecule has 3 nitrogen and oxygen atoms in total. The third kappa shape index (κ3) is 3.72. The predicted molar refractivity (Wildman–Crippen MR) is 68.2 cm³/mol. The number of aromatic hydroxyl groups is 1. The van der Waals surface area contributed by atoms with Crippen LogP contribution in [0.25, 0.3) is 0 Å². The molecule has 1 aromatic carbocycles. The van der Waals surface area contributed by atoms with Crippen LogP contribution in [0.1, 0.15) is 18.4 Å². The Hall–Kier alpha value is -1.06. The van der Waals surface area contributed by atoms with Crippen molar-refractivity contribution < 1.29 is 9.84 Å². The van der Waals surface area contributed by atoms with Gasteiger partial charge in [0.25, 0.3) is 0 Å². The molecule has 17 heavy (non-hydrogen) atoms. The molecule has 1 aromatic rings. The first-order valence-electron chi connectivity index (χ1n) is 6.22. The molecule has 1 aliphatic rings. The maximum absolute atomic E-state index is 9.24. The highest BCUT2D eigenvalue weighted by Crippen LogP contribution is 2.47. The molecule has 3 heteroatoms. The van der Waals surface area contributed by atoms with Crippen molar-refractivity contribution in [1.82, 2.24) is 5.32 Å². The van der Waals surface area contributed by atoms with E-state index in [0.717, 1.165) is 26.1 Å². The van der Waals surface area contributed by atoms with E-state index in [0.29, 0.717) is 11.2 Å². The number of hydrogen-bond donors (Lipinski definition) is 2. The van der Waals surface area contributed by atoms with Crippen molar-refractivity contribution in [3.63, 3.8) is 0 Å². The molecular weight excluding hydrogens is 214 g/mol. The van der Waals surface area contributed by atoms with Crippen molar-refractivity contribution in [3.8, 4) is 5.75 Å². The average molecular weight is 235 g/mol. The third-order valence-corrected chi connectivity index (χ3v) is 3.46. The van der Waals surface area contributed by atoms with Crippen molar-refractivity contribution in [3.05, 3.63) is 29.8 Å². The average Bonchev–Trinajstić information content (AvgIpc) is 3.08. The van der Waals surface area contributed by atoms with Crippen LogP contribution in [0.3, 0.4) is 0 Å². The fourth-order valence-electron chi connectivity index (χ4n) is 2.17. The second-order valence-corrected chi connectivity index (χ2v) is 5.01. The normalized spacial score (nSPS) is 17.0. The number of nitrogens with one attached hydrogen (secondary N) is 1. The first kappa shape index (κ1) is 12.4. The van der Waals surface area contributed by atoms with E-state index in [2.05, 4.69) is 5.32 Å². The minimum atomic E-state index is 0.344. The van der Waals surface area contributed by atoms with Crippen LogP contribution in [-0.2, 0) is 11.2 Å². The predicted octanol–water partition coefficient (Wildman–Crippen LogP) is 1.95. The van der Waals surface area contributed by atoms with Gasteiger partial charge in [-0.15, -0.1) is 0 Å². The van der Waals surface area contributed by atoms with Crippen molar-refractivity contribution in [2.75, 3.05) is 26.8 Å². The van der Waals surface area contributed by atoms with E-state index < -0.39 is 0 Å². The molecule has 2 N–H and O–H groups in total. The summed E-state index contributed by atoms with van der Waals surface area (Å²) >= 11 is 0. The molecule has 0 heterocycles. The molecule has 1 fully saturated rings. The Kier molecular flexibility index (Phi) is 4.02. The zero-order valence-electron chi connectivity index (χ0n) is 10.4. The number of benzene rings is 1. The molecule has 0 amide bonds. The number of methoxy groups -OCH3 is 1. The van der Waals surface area contributed by atoms with Crippen LogP contribution in [0, 0.1) is 5.41 Å². The number of phenolic OH excluding ortho intramolecular Hbond substituents is 1. The second-order valence-electron chi connectivity index (χ2n) is 5.01. The van der Waals surface area contributed by atoms with E-state index in [1.807, 2.05) is 12.1 Å². The minimum absolute atomic E-state index is 0.344. The van der Waals surface area contributed by atoms with E-state index >= 15 is 0 Å². The van der Waals surface area contributed by atoms with Crippen LogP contribution in [0.2, 0.25) is 0 Å². The number of rotatable bonds is 7. The molecule has 0 spiro atoms. The van der Waals surface area contributed by atoms with E-state index in [1.165, 1.54) is 18.4 Å². The largest absolute Gasteiger partial charge is 0.508 e. The van der Waals surface area contributed by atoms with E-state index in [-0.39, 0.29) is 0 Å². The van der Waals surface area contributed by atoms with Crippen molar-refractivity contribution in [2.45, 2.75) is 19.3 Å². The highest BCUT2D eigenvalue weighted by Gasteiger charge is 2.41. The summed E-state index contributed by atoms with van der Waals surface area (Å²) < 4.78 is 5.02. The van der Waals surface area contributed by atoms with Crippen LogP contribution < -0.4 is 5.32 Å². The monoisotopic (exact) mass is 235 g/mol. The molecule has 0 saturated heterocycles. The van der Waals surface area contributed by atoms with Crippen molar-refractivity contribution >= 4 is 0 Å². The van der Waals surface area contributed by atoms with E-state index in [9.17, 15) is 5.11 Å². The first-order valence-corrected chi connectivity index (χ1v) is 6.22. The van der Waals surface area contributed by atoms with Crippen LogP contribution in [0.15, 0.2) is 24.3 Å². The Labute approximate surface area is 103 Å². The Morgan fingerprint density at radius 3 is 2.59 bits per heavy atom. The van der Waals surface area contributed by atoms with Gasteiger partial charge < -0.3 is 15.2 Å². The Bertz CT molecular complexity index is 344. The lowest BCUT2D eigenvalue weighted by molar-refractivity contribution is 0.197. The fraction of sp³-hybridized carbons (Fsp3) is 0.571. The lowest BCUT2D eigenvalue weighted by Crippen LogP contribution is -2.28. The third-order valence-electron chi connectivity index (χ3n) is 3.46. The number of hydrogen-bond acceptors (Lipinski definition) is 3. The Morgan fingerprint density at radius 1 is 1.29 bits per heavy atom. The van der Waals surface area contributed by atoms with Gasteiger partial charge in [0.2, 0.25) is 0 Å². The quantitative estimate of drug-likeness (QED) is 0.710. The van der Waals surface area contributed by atoms with Crippen LogP contribution >= 0.6 is 0 Å². The highest BCUT2D eigenvalue weighted by molar-refractivity contribution is 5.27. The molecule has 1 aliphatic carbocycles. The molecule has 0 bridgehead atoms. The summed E-state index contributed by atoms with van der Waals surface area (Å²) in [5, 5.41) is 12.7. The molecule has 0 unspecified atom stereocenters. The van der Waals surface area contributed by atoms with Crippen LogP contribution in [-0.4, -0.2) is 31.9 Å². The molecule has 1 saturated carbocycles. The summed E-state index contributed by atoms with van der Waals surface area (Å²) in [7, 11) is 1.73. The molecule has 2 rings (SSSR count). The van der Waals surface area contributed by atoms with Gasteiger partial charge in [-0.3, -0.25) is 0 Å². The van der Waals surface area contributed by atoms with Crippen LogP contribution in [0.5, 0.6) is 5.75 Å². The standard InChI is InChI=1S/C14H21NO2/c1-17-9-8-15-11-14(6-7-14)10-12-2-4-13(16)5-3-12/h2-5,15-16H,6-11H2,1H3. The maximum atomic E-state index is 9.24. The maximum Gasteiger partial charge on any atom is 0.115 e. The number of phenols is 1. The van der Waals surface area contributed by atoms with Crippen molar-refractivity contribution in [1.29, 1.82) is 0 Å². The van der Waals surface area contributed by atoms with Gasteiger partial charge in [0.15, 0.2) is 0 Å². The molecular formula is C14H21NO2. The zero-order valence-corrected chi connectivity index (χ0v) is 10.4. The van der Waals surface area contributed by atoms with Gasteiger partial charge >= 0.3 is 0 Å². The Morgan fingerprint density at radius 2 is 2.00 bits per heavy atom. The van der Waals surface area contributed by atoms with Crippen molar-refractivity contribution in [2.24, 2.45) is 5.41 Å². The summed E-state index contributed by atoms with van der Waals surface area (Å²) in [6.45, 7) is 2.76. The van der Waals surface area contributed by atoms with Gasteiger partial charge in [0.05, 0.1) is 6.61 Å². The highest BCUT2D eigenvalue weighted by atomic mass is 16.5. The number of ether oxygens (including phenoxy) is 1. The van der Waals surface area contributed by atoms with Gasteiger partial charge in [-0.1, -0.05) is 12.1 Å². The smallest absolute Gasteiger partial charge is 0.115 e. The molecule has 0 aliphatic heterocycles. The SMILES string of the molecule is COCCNCC1(Cc2ccc(O)cc2)CC1. The molecule has 0 aromatic heterocycles. The molecule has 94 valence electrons. The molecule has 0 radical (unpaired) electrons. The lowest BCUT2D eigenvalue weighted by Gasteiger charge is -2.16. The van der Waals surface area contributed by atoms with E-state index in [4.69, 9.17) is 4.74 Å². The van der Waals surface area contributed by atoms with Gasteiger partial charge in [0.1, 0.15) is 5.75 Å². The zero-order chi connectivity index (χ0) is 12.1. The lowest BCUT2D eigenvalue weighted by atomic mass is 9.96.